The molecule has 0 radical (unpaired) electrons. The Morgan fingerprint density at radius 1 is 1.19 bits per heavy atom. The average molecular weight is 394 g/mol. The minimum absolute atomic E-state index is 0.445. The molecular formula is C20H35N5OS. The number of guanidine groups is 1. The number of hydrogen-bond acceptors (Lipinski definition) is 5. The molecule has 2 aliphatic rings. The van der Waals surface area contributed by atoms with Crippen LogP contribution in [0.4, 0.5) is 0 Å². The van der Waals surface area contributed by atoms with E-state index >= 15 is 0 Å². The highest BCUT2D eigenvalue weighted by atomic mass is 32.1. The zero-order chi connectivity index (χ0) is 19.1. The minimum atomic E-state index is 0.445. The van der Waals surface area contributed by atoms with Crippen LogP contribution < -0.4 is 10.6 Å². The van der Waals surface area contributed by atoms with Gasteiger partial charge in [-0.1, -0.05) is 0 Å². The molecule has 3 rings (SSSR count). The van der Waals surface area contributed by atoms with Crippen molar-refractivity contribution in [3.8, 4) is 0 Å². The largest absolute Gasteiger partial charge is 0.379 e. The van der Waals surface area contributed by atoms with Gasteiger partial charge < -0.3 is 15.4 Å². The highest BCUT2D eigenvalue weighted by molar-refractivity contribution is 7.10. The van der Waals surface area contributed by atoms with Crippen LogP contribution in [0.15, 0.2) is 16.4 Å². The average Bonchev–Trinajstić information content (AvgIpc) is 3.18. The standard InChI is InChI=1S/C20H35N5OS/c1-4-21-20(22-13-16(2)24-8-10-26-11-9-24)23-14-17(3)25-7-5-19-18(15-25)6-12-27-19/h6,12,16-17H,4-5,7-11,13-15H2,1-3H3,(H2,21,22,23). The molecule has 2 atom stereocenters. The number of ether oxygens (including phenoxy) is 1. The Bertz CT molecular complexity index is 599. The SMILES string of the molecule is CCNC(=NCC(C)N1CCOCC1)NCC(C)N1CCc2sccc2C1. The van der Waals surface area contributed by atoms with E-state index in [4.69, 9.17) is 9.73 Å². The predicted octanol–water partition coefficient (Wildman–Crippen LogP) is 1.77. The first kappa shape index (κ1) is 20.6. The van der Waals surface area contributed by atoms with E-state index in [0.717, 1.165) is 65.0 Å². The van der Waals surface area contributed by atoms with Crippen molar-refractivity contribution in [2.45, 2.75) is 45.8 Å². The van der Waals surface area contributed by atoms with Crippen LogP contribution in [0.2, 0.25) is 0 Å². The van der Waals surface area contributed by atoms with Crippen LogP contribution in [0.25, 0.3) is 0 Å². The Labute approximate surface area is 168 Å². The topological polar surface area (TPSA) is 52.1 Å². The van der Waals surface area contributed by atoms with Gasteiger partial charge in [0.05, 0.1) is 19.8 Å². The number of hydrogen-bond donors (Lipinski definition) is 2. The third-order valence-electron chi connectivity index (χ3n) is 5.55. The lowest BCUT2D eigenvalue weighted by molar-refractivity contribution is 0.0220. The van der Waals surface area contributed by atoms with Crippen molar-refractivity contribution >= 4 is 17.3 Å². The number of thiophene rings is 1. The molecule has 1 fully saturated rings. The smallest absolute Gasteiger partial charge is 0.191 e. The number of aliphatic imine (C=N–C) groups is 1. The van der Waals surface area contributed by atoms with Crippen LogP contribution in [-0.2, 0) is 17.7 Å². The van der Waals surface area contributed by atoms with Crippen molar-refractivity contribution in [1.29, 1.82) is 0 Å². The van der Waals surface area contributed by atoms with Gasteiger partial charge in [-0.25, -0.2) is 0 Å². The fraction of sp³-hybridized carbons (Fsp3) is 0.750. The zero-order valence-corrected chi connectivity index (χ0v) is 17.9. The maximum absolute atomic E-state index is 5.45. The van der Waals surface area contributed by atoms with Crippen LogP contribution in [0.5, 0.6) is 0 Å². The van der Waals surface area contributed by atoms with E-state index in [9.17, 15) is 0 Å². The highest BCUT2D eigenvalue weighted by Crippen LogP contribution is 2.24. The first-order valence-corrected chi connectivity index (χ1v) is 11.2. The van der Waals surface area contributed by atoms with Crippen molar-refractivity contribution < 1.29 is 4.74 Å². The van der Waals surface area contributed by atoms with Gasteiger partial charge in [0.15, 0.2) is 5.96 Å². The number of rotatable bonds is 7. The molecule has 2 aliphatic heterocycles. The molecule has 27 heavy (non-hydrogen) atoms. The summed E-state index contributed by atoms with van der Waals surface area (Å²) < 4.78 is 5.45. The van der Waals surface area contributed by atoms with Crippen LogP contribution >= 0.6 is 11.3 Å². The molecule has 0 aliphatic carbocycles. The summed E-state index contributed by atoms with van der Waals surface area (Å²) in [5.74, 6) is 0.928. The van der Waals surface area contributed by atoms with Crippen molar-refractivity contribution in [2.24, 2.45) is 4.99 Å². The van der Waals surface area contributed by atoms with Gasteiger partial charge >= 0.3 is 0 Å². The Morgan fingerprint density at radius 3 is 2.78 bits per heavy atom. The Hall–Kier alpha value is -1.15. The van der Waals surface area contributed by atoms with Gasteiger partial charge in [-0.15, -0.1) is 11.3 Å². The lowest BCUT2D eigenvalue weighted by Gasteiger charge is -2.33. The first-order chi connectivity index (χ1) is 13.2. The Balaban J connectivity index is 1.47. The van der Waals surface area contributed by atoms with Crippen LogP contribution in [0.1, 0.15) is 31.2 Å². The van der Waals surface area contributed by atoms with E-state index in [2.05, 4.69) is 52.7 Å². The molecular weight excluding hydrogens is 358 g/mol. The van der Waals surface area contributed by atoms with E-state index in [1.807, 2.05) is 11.3 Å². The fourth-order valence-electron chi connectivity index (χ4n) is 3.72. The molecule has 0 saturated carbocycles. The number of fused-ring (bicyclic) bond motifs is 1. The second kappa shape index (κ2) is 10.4. The quantitative estimate of drug-likeness (QED) is 0.546. The summed E-state index contributed by atoms with van der Waals surface area (Å²) in [6, 6.07) is 3.21. The molecule has 2 N–H and O–H groups in total. The van der Waals surface area contributed by atoms with Crippen molar-refractivity contribution in [3.05, 3.63) is 21.9 Å². The van der Waals surface area contributed by atoms with Crippen molar-refractivity contribution in [2.75, 3.05) is 52.5 Å². The first-order valence-electron chi connectivity index (χ1n) is 10.3. The van der Waals surface area contributed by atoms with Gasteiger partial charge in [0, 0.05) is 56.2 Å². The van der Waals surface area contributed by atoms with Gasteiger partial charge in [-0.05, 0) is 44.2 Å². The zero-order valence-electron chi connectivity index (χ0n) is 17.0. The normalized spacial score (nSPS) is 21.5. The lowest BCUT2D eigenvalue weighted by Crippen LogP contribution is -2.48. The van der Waals surface area contributed by atoms with Crippen LogP contribution in [0.3, 0.4) is 0 Å². The monoisotopic (exact) mass is 393 g/mol. The van der Waals surface area contributed by atoms with E-state index in [0.29, 0.717) is 12.1 Å². The van der Waals surface area contributed by atoms with Gasteiger partial charge in [0.1, 0.15) is 0 Å². The maximum Gasteiger partial charge on any atom is 0.191 e. The Morgan fingerprint density at radius 2 is 2.00 bits per heavy atom. The summed E-state index contributed by atoms with van der Waals surface area (Å²) >= 11 is 1.90. The van der Waals surface area contributed by atoms with E-state index in [-0.39, 0.29) is 0 Å². The second-order valence-corrected chi connectivity index (χ2v) is 8.54. The molecule has 0 aromatic carbocycles. The van der Waals surface area contributed by atoms with E-state index < -0.39 is 0 Å². The highest BCUT2D eigenvalue weighted by Gasteiger charge is 2.21. The molecule has 2 unspecified atom stereocenters. The maximum atomic E-state index is 5.45. The summed E-state index contributed by atoms with van der Waals surface area (Å²) in [5, 5.41) is 9.16. The molecule has 1 aromatic heterocycles. The number of nitrogens with zero attached hydrogens (tertiary/aromatic N) is 3. The van der Waals surface area contributed by atoms with Crippen LogP contribution in [-0.4, -0.2) is 80.3 Å². The molecule has 152 valence electrons. The number of morpholine rings is 1. The van der Waals surface area contributed by atoms with E-state index in [1.165, 1.54) is 12.0 Å². The molecule has 6 nitrogen and oxygen atoms in total. The molecule has 1 aromatic rings. The van der Waals surface area contributed by atoms with Crippen molar-refractivity contribution in [3.63, 3.8) is 0 Å². The van der Waals surface area contributed by atoms with Crippen LogP contribution in [0, 0.1) is 0 Å². The van der Waals surface area contributed by atoms with E-state index in [1.54, 1.807) is 4.88 Å². The summed E-state index contributed by atoms with van der Waals surface area (Å²) in [4.78, 5) is 11.4. The summed E-state index contributed by atoms with van der Waals surface area (Å²) in [5.41, 5.74) is 1.51. The van der Waals surface area contributed by atoms with Gasteiger partial charge in [-0.3, -0.25) is 14.8 Å². The predicted molar refractivity (Wildman–Crippen MR) is 114 cm³/mol. The van der Waals surface area contributed by atoms with Gasteiger partial charge in [0.25, 0.3) is 0 Å². The molecule has 0 bridgehead atoms. The fourth-order valence-corrected chi connectivity index (χ4v) is 4.61. The third-order valence-corrected chi connectivity index (χ3v) is 6.58. The van der Waals surface area contributed by atoms with Gasteiger partial charge in [0.2, 0.25) is 0 Å². The Kier molecular flexibility index (Phi) is 7.93. The summed E-state index contributed by atoms with van der Waals surface area (Å²) in [6.07, 6.45) is 1.18. The second-order valence-electron chi connectivity index (χ2n) is 7.54. The lowest BCUT2D eigenvalue weighted by atomic mass is 10.1. The molecule has 1 saturated heterocycles. The molecule has 0 spiro atoms. The molecule has 3 heterocycles. The molecule has 7 heteroatoms. The molecule has 0 amide bonds. The number of nitrogens with one attached hydrogen (secondary N) is 2. The van der Waals surface area contributed by atoms with Crippen molar-refractivity contribution in [1.82, 2.24) is 20.4 Å². The van der Waals surface area contributed by atoms with Gasteiger partial charge in [-0.2, -0.15) is 0 Å². The minimum Gasteiger partial charge on any atom is -0.379 e. The summed E-state index contributed by atoms with van der Waals surface area (Å²) in [7, 11) is 0. The third kappa shape index (κ3) is 5.91. The summed E-state index contributed by atoms with van der Waals surface area (Å²) in [6.45, 7) is 15.2.